The minimum absolute atomic E-state index is 0.125. The maximum absolute atomic E-state index is 12.0. The lowest BCUT2D eigenvalue weighted by Crippen LogP contribution is -2.47. The van der Waals surface area contributed by atoms with Gasteiger partial charge in [0.05, 0.1) is 6.26 Å². The molecule has 0 saturated carbocycles. The average molecular weight is 322 g/mol. The first-order valence-corrected chi connectivity index (χ1v) is 8.97. The van der Waals surface area contributed by atoms with Gasteiger partial charge in [0.25, 0.3) is 0 Å². The fourth-order valence-corrected chi connectivity index (χ4v) is 2.57. The predicted octanol–water partition coefficient (Wildman–Crippen LogP) is 0.712. The van der Waals surface area contributed by atoms with Crippen LogP contribution in [0.2, 0.25) is 0 Å². The summed E-state index contributed by atoms with van der Waals surface area (Å²) in [5.41, 5.74) is 0. The summed E-state index contributed by atoms with van der Waals surface area (Å²) in [6.07, 6.45) is 3.53. The van der Waals surface area contributed by atoms with E-state index < -0.39 is 22.0 Å². The molecule has 0 fully saturated rings. The van der Waals surface area contributed by atoms with Gasteiger partial charge < -0.3 is 10.4 Å². The number of carboxylic acids is 1. The number of amides is 1. The molecule has 3 N–H and O–H groups in total. The van der Waals surface area contributed by atoms with E-state index in [0.29, 0.717) is 32.2 Å². The molecule has 7 nitrogen and oxygen atoms in total. The third kappa shape index (κ3) is 12.3. The normalized spacial score (nSPS) is 13.1. The molecule has 0 radical (unpaired) electrons. The molecule has 0 rings (SSSR count). The highest BCUT2D eigenvalue weighted by molar-refractivity contribution is 7.88. The number of carbonyl (C=O) groups is 2. The molecule has 21 heavy (non-hydrogen) atoms. The SMILES string of the molecule is CC(C)CC(NS(C)(=O)=O)C(=O)NCCCCCC(=O)O. The second-order valence-electron chi connectivity index (χ2n) is 5.57. The van der Waals surface area contributed by atoms with Crippen LogP contribution in [0.1, 0.15) is 46.0 Å². The van der Waals surface area contributed by atoms with Gasteiger partial charge in [-0.25, -0.2) is 13.1 Å². The van der Waals surface area contributed by atoms with E-state index in [-0.39, 0.29) is 18.2 Å². The lowest BCUT2D eigenvalue weighted by molar-refractivity contribution is -0.137. The molecule has 0 heterocycles. The molecule has 0 aliphatic heterocycles. The molecule has 0 saturated heterocycles. The lowest BCUT2D eigenvalue weighted by atomic mass is 10.0. The third-order valence-corrected chi connectivity index (χ3v) is 3.46. The molecular formula is C13H26N2O5S. The summed E-state index contributed by atoms with van der Waals surface area (Å²) < 4.78 is 24.9. The molecule has 0 aliphatic rings. The van der Waals surface area contributed by atoms with Gasteiger partial charge in [0.15, 0.2) is 0 Å². The number of carboxylic acid groups (broad SMARTS) is 1. The van der Waals surface area contributed by atoms with Crippen molar-refractivity contribution >= 4 is 21.9 Å². The average Bonchev–Trinajstić information content (AvgIpc) is 2.29. The van der Waals surface area contributed by atoms with Crippen LogP contribution < -0.4 is 10.0 Å². The summed E-state index contributed by atoms with van der Waals surface area (Å²) in [6.45, 7) is 4.24. The number of sulfonamides is 1. The minimum atomic E-state index is -3.44. The van der Waals surface area contributed by atoms with Crippen LogP contribution >= 0.6 is 0 Å². The predicted molar refractivity (Wildman–Crippen MR) is 80.3 cm³/mol. The van der Waals surface area contributed by atoms with Crippen molar-refractivity contribution in [3.63, 3.8) is 0 Å². The Kier molecular flexibility index (Phi) is 9.19. The summed E-state index contributed by atoms with van der Waals surface area (Å²) in [5, 5.41) is 11.2. The summed E-state index contributed by atoms with van der Waals surface area (Å²) in [4.78, 5) is 22.3. The van der Waals surface area contributed by atoms with E-state index in [1.807, 2.05) is 13.8 Å². The Bertz CT molecular complexity index is 434. The van der Waals surface area contributed by atoms with E-state index in [4.69, 9.17) is 5.11 Å². The number of unbranched alkanes of at least 4 members (excludes halogenated alkanes) is 2. The van der Waals surface area contributed by atoms with Gasteiger partial charge in [-0.2, -0.15) is 0 Å². The van der Waals surface area contributed by atoms with Crippen molar-refractivity contribution in [2.45, 2.75) is 52.0 Å². The molecule has 0 aliphatic carbocycles. The summed E-state index contributed by atoms with van der Waals surface area (Å²) in [7, 11) is -3.44. The van der Waals surface area contributed by atoms with Gasteiger partial charge in [-0.1, -0.05) is 20.3 Å². The molecule has 0 spiro atoms. The lowest BCUT2D eigenvalue weighted by Gasteiger charge is -2.19. The zero-order valence-electron chi connectivity index (χ0n) is 12.9. The number of hydrogen-bond acceptors (Lipinski definition) is 4. The topological polar surface area (TPSA) is 113 Å². The van der Waals surface area contributed by atoms with Gasteiger partial charge in [-0.3, -0.25) is 9.59 Å². The Hall–Kier alpha value is -1.15. The first kappa shape index (κ1) is 19.9. The van der Waals surface area contributed by atoms with Gasteiger partial charge in [-0.05, 0) is 25.2 Å². The minimum Gasteiger partial charge on any atom is -0.481 e. The number of hydrogen-bond donors (Lipinski definition) is 3. The van der Waals surface area contributed by atoms with Crippen molar-refractivity contribution in [1.29, 1.82) is 0 Å². The van der Waals surface area contributed by atoms with Gasteiger partial charge >= 0.3 is 5.97 Å². The van der Waals surface area contributed by atoms with Crippen molar-refractivity contribution in [1.82, 2.24) is 10.0 Å². The van der Waals surface area contributed by atoms with Crippen molar-refractivity contribution < 1.29 is 23.1 Å². The number of carbonyl (C=O) groups excluding carboxylic acids is 1. The van der Waals surface area contributed by atoms with E-state index in [1.54, 1.807) is 0 Å². The fourth-order valence-electron chi connectivity index (χ4n) is 1.85. The van der Waals surface area contributed by atoms with Crippen molar-refractivity contribution in [2.24, 2.45) is 5.92 Å². The standard InChI is InChI=1S/C13H26N2O5S/c1-10(2)9-11(15-21(3,19)20)13(18)14-8-6-4-5-7-12(16)17/h10-11,15H,4-9H2,1-3H3,(H,14,18)(H,16,17). The van der Waals surface area contributed by atoms with E-state index in [0.717, 1.165) is 6.26 Å². The van der Waals surface area contributed by atoms with Crippen LogP contribution in [0.25, 0.3) is 0 Å². The maximum atomic E-state index is 12.0. The van der Waals surface area contributed by atoms with Crippen LogP contribution in [-0.4, -0.2) is 44.2 Å². The van der Waals surface area contributed by atoms with Crippen LogP contribution in [0.4, 0.5) is 0 Å². The Morgan fingerprint density at radius 3 is 2.24 bits per heavy atom. The van der Waals surface area contributed by atoms with Crippen LogP contribution in [0, 0.1) is 5.92 Å². The summed E-state index contributed by atoms with van der Waals surface area (Å²) in [6, 6.07) is -0.765. The van der Waals surface area contributed by atoms with E-state index in [2.05, 4.69) is 10.0 Å². The Balaban J connectivity index is 4.14. The summed E-state index contributed by atoms with van der Waals surface area (Å²) >= 11 is 0. The smallest absolute Gasteiger partial charge is 0.303 e. The highest BCUT2D eigenvalue weighted by atomic mass is 32.2. The van der Waals surface area contributed by atoms with Crippen LogP contribution in [0.3, 0.4) is 0 Å². The van der Waals surface area contributed by atoms with Gasteiger partial charge in [0.2, 0.25) is 15.9 Å². The molecule has 8 heteroatoms. The van der Waals surface area contributed by atoms with Gasteiger partial charge in [0, 0.05) is 13.0 Å². The highest BCUT2D eigenvalue weighted by Gasteiger charge is 2.22. The molecule has 124 valence electrons. The number of rotatable bonds is 11. The van der Waals surface area contributed by atoms with Crippen LogP contribution in [0.15, 0.2) is 0 Å². The number of nitrogens with one attached hydrogen (secondary N) is 2. The van der Waals surface area contributed by atoms with Crippen molar-refractivity contribution in [3.8, 4) is 0 Å². The maximum Gasteiger partial charge on any atom is 0.303 e. The quantitative estimate of drug-likeness (QED) is 0.485. The largest absolute Gasteiger partial charge is 0.481 e. The second kappa shape index (κ2) is 9.73. The van der Waals surface area contributed by atoms with E-state index in [9.17, 15) is 18.0 Å². The molecule has 0 bridgehead atoms. The highest BCUT2D eigenvalue weighted by Crippen LogP contribution is 2.06. The fraction of sp³-hybridized carbons (Fsp3) is 0.846. The Morgan fingerprint density at radius 2 is 1.76 bits per heavy atom. The Morgan fingerprint density at radius 1 is 1.14 bits per heavy atom. The van der Waals surface area contributed by atoms with E-state index >= 15 is 0 Å². The van der Waals surface area contributed by atoms with Crippen LogP contribution in [0.5, 0.6) is 0 Å². The zero-order chi connectivity index (χ0) is 16.5. The van der Waals surface area contributed by atoms with E-state index in [1.165, 1.54) is 0 Å². The Labute approximate surface area is 126 Å². The third-order valence-electron chi connectivity index (χ3n) is 2.75. The first-order valence-electron chi connectivity index (χ1n) is 7.08. The summed E-state index contributed by atoms with van der Waals surface area (Å²) in [5.74, 6) is -0.980. The molecule has 1 amide bonds. The van der Waals surface area contributed by atoms with Crippen LogP contribution in [-0.2, 0) is 19.6 Å². The molecule has 0 aromatic heterocycles. The molecule has 0 aromatic carbocycles. The molecular weight excluding hydrogens is 296 g/mol. The van der Waals surface area contributed by atoms with Gasteiger partial charge in [0.1, 0.15) is 6.04 Å². The molecule has 1 unspecified atom stereocenters. The molecule has 1 atom stereocenters. The number of aliphatic carboxylic acids is 1. The monoisotopic (exact) mass is 322 g/mol. The van der Waals surface area contributed by atoms with Crippen molar-refractivity contribution in [2.75, 3.05) is 12.8 Å². The zero-order valence-corrected chi connectivity index (χ0v) is 13.7. The van der Waals surface area contributed by atoms with Gasteiger partial charge in [-0.15, -0.1) is 0 Å². The first-order chi connectivity index (χ1) is 9.61. The van der Waals surface area contributed by atoms with Crippen molar-refractivity contribution in [3.05, 3.63) is 0 Å². The molecule has 0 aromatic rings. The second-order valence-corrected chi connectivity index (χ2v) is 7.35.